The minimum atomic E-state index is -0.222. The molecule has 0 spiro atoms. The van der Waals surface area contributed by atoms with Crippen molar-refractivity contribution in [1.82, 2.24) is 5.01 Å². The maximum atomic E-state index is 13.1. The summed E-state index contributed by atoms with van der Waals surface area (Å²) in [5.74, 6) is 0.213. The Labute approximate surface area is 172 Å². The smallest absolute Gasteiger partial charge is 0.306 e. The third-order valence-electron chi connectivity index (χ3n) is 5.37. The molecule has 3 aromatic rings. The Balaban J connectivity index is 1.52. The van der Waals surface area contributed by atoms with E-state index in [4.69, 9.17) is 16.7 Å². The number of nitrogens with zero attached hydrogens (tertiary/aromatic N) is 2. The van der Waals surface area contributed by atoms with E-state index >= 15 is 0 Å². The van der Waals surface area contributed by atoms with Gasteiger partial charge in [0.05, 0.1) is 11.8 Å². The highest BCUT2D eigenvalue weighted by molar-refractivity contribution is 7.10. The van der Waals surface area contributed by atoms with Crippen LogP contribution in [-0.2, 0) is 6.42 Å². The van der Waals surface area contributed by atoms with Gasteiger partial charge >= 0.3 is 6.03 Å². The molecule has 4 nitrogen and oxygen atoms in total. The first-order valence-corrected chi connectivity index (χ1v) is 10.5. The molecule has 1 aromatic heterocycles. The Morgan fingerprint density at radius 2 is 1.93 bits per heavy atom. The van der Waals surface area contributed by atoms with E-state index in [9.17, 15) is 4.79 Å². The number of urea groups is 1. The van der Waals surface area contributed by atoms with Gasteiger partial charge < -0.3 is 5.32 Å². The molecule has 140 valence electrons. The molecule has 5 rings (SSSR count). The summed E-state index contributed by atoms with van der Waals surface area (Å²) in [6.45, 7) is 0. The van der Waals surface area contributed by atoms with Gasteiger partial charge in [-0.3, -0.25) is 0 Å². The summed E-state index contributed by atoms with van der Waals surface area (Å²) < 4.78 is 0. The molecule has 28 heavy (non-hydrogen) atoms. The van der Waals surface area contributed by atoms with E-state index in [0.717, 1.165) is 23.4 Å². The number of hydrogen-bond donors (Lipinski definition) is 1. The molecule has 2 aliphatic rings. The van der Waals surface area contributed by atoms with Gasteiger partial charge in [-0.05, 0) is 54.1 Å². The number of nitrogens with one attached hydrogen (secondary N) is 1. The van der Waals surface area contributed by atoms with Crippen LogP contribution in [0.25, 0.3) is 0 Å². The summed E-state index contributed by atoms with van der Waals surface area (Å²) in [5.41, 5.74) is 4.20. The molecule has 0 saturated heterocycles. The minimum absolute atomic E-state index is 0.0735. The van der Waals surface area contributed by atoms with Crippen molar-refractivity contribution in [2.45, 2.75) is 18.9 Å². The number of carbonyl (C=O) groups is 1. The van der Waals surface area contributed by atoms with E-state index in [1.807, 2.05) is 12.1 Å². The Bertz CT molecular complexity index is 1050. The van der Waals surface area contributed by atoms with Crippen molar-refractivity contribution < 1.29 is 4.79 Å². The van der Waals surface area contributed by atoms with Crippen LogP contribution < -0.4 is 5.32 Å². The molecule has 2 atom stereocenters. The normalized spacial score (nSPS) is 20.3. The SMILES string of the molecule is O=C(Nc1ccc(Cl)cc1)N1N=C2c3ccccc3CCC2C1c1cccs1. The lowest BCUT2D eigenvalue weighted by Crippen LogP contribution is -2.34. The van der Waals surface area contributed by atoms with Gasteiger partial charge in [-0.25, -0.2) is 9.80 Å². The second-order valence-electron chi connectivity index (χ2n) is 7.03. The highest BCUT2D eigenvalue weighted by Gasteiger charge is 2.44. The second-order valence-corrected chi connectivity index (χ2v) is 8.45. The topological polar surface area (TPSA) is 44.7 Å². The fourth-order valence-electron chi connectivity index (χ4n) is 4.08. The molecule has 0 bridgehead atoms. The van der Waals surface area contributed by atoms with Crippen LogP contribution in [0.15, 0.2) is 71.1 Å². The molecule has 2 unspecified atom stereocenters. The molecule has 2 amide bonds. The lowest BCUT2D eigenvalue weighted by Gasteiger charge is -2.28. The summed E-state index contributed by atoms with van der Waals surface area (Å²) in [5, 5.41) is 12.1. The maximum Gasteiger partial charge on any atom is 0.342 e. The number of rotatable bonds is 2. The average molecular weight is 408 g/mol. The van der Waals surface area contributed by atoms with Crippen molar-refractivity contribution >= 4 is 40.4 Å². The quantitative estimate of drug-likeness (QED) is 0.559. The van der Waals surface area contributed by atoms with Crippen molar-refractivity contribution in [3.63, 3.8) is 0 Å². The molecule has 0 saturated carbocycles. The number of fused-ring (bicyclic) bond motifs is 3. The summed E-state index contributed by atoms with van der Waals surface area (Å²) >= 11 is 7.63. The Hall–Kier alpha value is -2.63. The number of benzene rings is 2. The molecule has 0 radical (unpaired) electrons. The first-order chi connectivity index (χ1) is 13.7. The lowest BCUT2D eigenvalue weighted by atomic mass is 9.79. The zero-order valence-corrected chi connectivity index (χ0v) is 16.6. The van der Waals surface area contributed by atoms with Crippen LogP contribution in [0.3, 0.4) is 0 Å². The van der Waals surface area contributed by atoms with E-state index in [1.165, 1.54) is 11.1 Å². The predicted octanol–water partition coefficient (Wildman–Crippen LogP) is 5.96. The molecular weight excluding hydrogens is 390 g/mol. The van der Waals surface area contributed by atoms with Crippen molar-refractivity contribution in [2.24, 2.45) is 11.0 Å². The summed E-state index contributed by atoms with van der Waals surface area (Å²) in [4.78, 5) is 14.3. The fraction of sp³-hybridized carbons (Fsp3) is 0.182. The third kappa shape index (κ3) is 3.01. The lowest BCUT2D eigenvalue weighted by molar-refractivity contribution is 0.189. The highest BCUT2D eigenvalue weighted by atomic mass is 35.5. The van der Waals surface area contributed by atoms with Crippen LogP contribution in [0.1, 0.15) is 28.5 Å². The number of anilines is 1. The molecule has 1 aliphatic heterocycles. The third-order valence-corrected chi connectivity index (χ3v) is 6.56. The Kier molecular flexibility index (Phi) is 4.41. The van der Waals surface area contributed by atoms with Crippen LogP contribution in [0, 0.1) is 5.92 Å². The number of hydrazone groups is 1. The number of amides is 2. The molecule has 1 aliphatic carbocycles. The number of carbonyl (C=O) groups excluding carboxylic acids is 1. The maximum absolute atomic E-state index is 13.1. The molecule has 0 fully saturated rings. The monoisotopic (exact) mass is 407 g/mol. The summed E-state index contributed by atoms with van der Waals surface area (Å²) in [6.07, 6.45) is 2.00. The van der Waals surface area contributed by atoms with Crippen LogP contribution >= 0.6 is 22.9 Å². The van der Waals surface area contributed by atoms with Gasteiger partial charge in [-0.15, -0.1) is 11.3 Å². The van der Waals surface area contributed by atoms with E-state index < -0.39 is 0 Å². The van der Waals surface area contributed by atoms with E-state index in [-0.39, 0.29) is 18.0 Å². The van der Waals surface area contributed by atoms with Crippen molar-refractivity contribution in [3.8, 4) is 0 Å². The van der Waals surface area contributed by atoms with Crippen molar-refractivity contribution in [2.75, 3.05) is 5.32 Å². The number of aryl methyl sites for hydroxylation is 1. The van der Waals surface area contributed by atoms with Gasteiger partial charge in [0.2, 0.25) is 0 Å². The summed E-state index contributed by atoms with van der Waals surface area (Å²) in [6, 6.07) is 19.3. The molecule has 2 heterocycles. The zero-order valence-electron chi connectivity index (χ0n) is 15.0. The second kappa shape index (κ2) is 7.08. The van der Waals surface area contributed by atoms with Gasteiger partial charge in [0, 0.05) is 27.1 Å². The van der Waals surface area contributed by atoms with E-state index in [1.54, 1.807) is 40.6 Å². The van der Waals surface area contributed by atoms with E-state index in [2.05, 4.69) is 35.0 Å². The standard InChI is InChI=1S/C22H18ClN3OS/c23-15-8-10-16(11-9-15)24-22(27)26-21(19-6-3-13-28-19)18-12-7-14-4-1-2-5-17(14)20(18)25-26/h1-6,8-11,13,18,21H,7,12H2,(H,24,27). The minimum Gasteiger partial charge on any atom is -0.306 e. The van der Waals surface area contributed by atoms with Crippen molar-refractivity contribution in [1.29, 1.82) is 0 Å². The van der Waals surface area contributed by atoms with E-state index in [0.29, 0.717) is 10.7 Å². The number of halogens is 1. The average Bonchev–Trinajstić information content (AvgIpc) is 3.37. The Morgan fingerprint density at radius 3 is 2.71 bits per heavy atom. The first-order valence-electron chi connectivity index (χ1n) is 9.26. The van der Waals surface area contributed by atoms with Crippen LogP contribution in [-0.4, -0.2) is 16.8 Å². The largest absolute Gasteiger partial charge is 0.342 e. The Morgan fingerprint density at radius 1 is 1.11 bits per heavy atom. The number of thiophene rings is 1. The molecular formula is C22H18ClN3OS. The van der Waals surface area contributed by atoms with Crippen LogP contribution in [0.4, 0.5) is 10.5 Å². The predicted molar refractivity (Wildman–Crippen MR) is 114 cm³/mol. The summed E-state index contributed by atoms with van der Waals surface area (Å²) in [7, 11) is 0. The first kappa shape index (κ1) is 17.5. The van der Waals surface area contributed by atoms with Crippen LogP contribution in [0.5, 0.6) is 0 Å². The van der Waals surface area contributed by atoms with Gasteiger partial charge in [0.15, 0.2) is 0 Å². The van der Waals surface area contributed by atoms with Gasteiger partial charge in [-0.1, -0.05) is 41.9 Å². The van der Waals surface area contributed by atoms with Gasteiger partial charge in [0.1, 0.15) is 0 Å². The molecule has 2 aromatic carbocycles. The number of hydrogen-bond acceptors (Lipinski definition) is 3. The zero-order chi connectivity index (χ0) is 19.1. The van der Waals surface area contributed by atoms with Gasteiger partial charge in [-0.2, -0.15) is 5.10 Å². The molecule has 6 heteroatoms. The highest BCUT2D eigenvalue weighted by Crippen LogP contribution is 2.44. The van der Waals surface area contributed by atoms with Crippen LogP contribution in [0.2, 0.25) is 5.02 Å². The van der Waals surface area contributed by atoms with Crippen molar-refractivity contribution in [3.05, 3.63) is 87.1 Å². The molecule has 1 N–H and O–H groups in total. The van der Waals surface area contributed by atoms with Gasteiger partial charge in [0.25, 0.3) is 0 Å². The fourth-order valence-corrected chi connectivity index (χ4v) is 5.08.